The second kappa shape index (κ2) is 6.06. The zero-order valence-electron chi connectivity index (χ0n) is 13.4. The van der Waals surface area contributed by atoms with Crippen molar-refractivity contribution in [2.24, 2.45) is 0 Å². The predicted octanol–water partition coefficient (Wildman–Crippen LogP) is 4.32. The summed E-state index contributed by atoms with van der Waals surface area (Å²) < 4.78 is 26.9. The summed E-state index contributed by atoms with van der Waals surface area (Å²) in [5, 5.41) is 0.887. The van der Waals surface area contributed by atoms with Gasteiger partial charge in [-0.3, -0.25) is 0 Å². The molecule has 2 heterocycles. The highest BCUT2D eigenvalue weighted by Crippen LogP contribution is 2.33. The molecule has 0 N–H and O–H groups in total. The summed E-state index contributed by atoms with van der Waals surface area (Å²) in [5.74, 6) is 0.560. The molecule has 0 spiro atoms. The maximum absolute atomic E-state index is 12.8. The first-order valence-electron chi connectivity index (χ1n) is 8.44. The second-order valence-electron chi connectivity index (χ2n) is 6.45. The summed E-state index contributed by atoms with van der Waals surface area (Å²) in [4.78, 5) is 4.77. The Bertz CT molecular complexity index is 955. The molecule has 4 nitrogen and oxygen atoms in total. The van der Waals surface area contributed by atoms with Gasteiger partial charge in [0.25, 0.3) is 10.0 Å². The fourth-order valence-electron chi connectivity index (χ4n) is 3.58. The van der Waals surface area contributed by atoms with E-state index in [0.717, 1.165) is 5.39 Å². The largest absolute Gasteiger partial charge is 0.269 e. The van der Waals surface area contributed by atoms with Crippen molar-refractivity contribution in [1.82, 2.24) is 8.96 Å². The van der Waals surface area contributed by atoms with Gasteiger partial charge >= 0.3 is 0 Å². The molecule has 0 atom stereocenters. The monoisotopic (exact) mass is 340 g/mol. The Labute approximate surface area is 142 Å². The summed E-state index contributed by atoms with van der Waals surface area (Å²) >= 11 is 0. The molecule has 0 saturated heterocycles. The fraction of sp³-hybridized carbons (Fsp3) is 0.316. The lowest BCUT2D eigenvalue weighted by atomic mass is 9.85. The van der Waals surface area contributed by atoms with Gasteiger partial charge in [-0.25, -0.2) is 17.4 Å². The first-order valence-corrected chi connectivity index (χ1v) is 9.88. The van der Waals surface area contributed by atoms with E-state index in [-0.39, 0.29) is 4.90 Å². The molecule has 1 saturated carbocycles. The van der Waals surface area contributed by atoms with E-state index in [9.17, 15) is 8.42 Å². The summed E-state index contributed by atoms with van der Waals surface area (Å²) in [6.45, 7) is 0. The molecule has 0 bridgehead atoms. The van der Waals surface area contributed by atoms with E-state index >= 15 is 0 Å². The lowest BCUT2D eigenvalue weighted by molar-refractivity contribution is 0.443. The third-order valence-corrected chi connectivity index (χ3v) is 6.57. The van der Waals surface area contributed by atoms with Gasteiger partial charge in [-0.1, -0.05) is 37.5 Å². The van der Waals surface area contributed by atoms with Gasteiger partial charge in [0.15, 0.2) is 5.65 Å². The number of benzene rings is 1. The van der Waals surface area contributed by atoms with E-state index in [2.05, 4.69) is 11.1 Å². The molecule has 1 aliphatic carbocycles. The van der Waals surface area contributed by atoms with E-state index in [1.807, 2.05) is 18.3 Å². The second-order valence-corrected chi connectivity index (χ2v) is 8.26. The van der Waals surface area contributed by atoms with Crippen LogP contribution in [0.5, 0.6) is 0 Å². The van der Waals surface area contributed by atoms with Gasteiger partial charge < -0.3 is 0 Å². The molecular weight excluding hydrogens is 320 g/mol. The fourth-order valence-corrected chi connectivity index (χ4v) is 4.91. The van der Waals surface area contributed by atoms with Crippen LogP contribution in [0, 0.1) is 0 Å². The quantitative estimate of drug-likeness (QED) is 0.713. The van der Waals surface area contributed by atoms with Gasteiger partial charge in [0.05, 0.1) is 4.90 Å². The summed E-state index contributed by atoms with van der Waals surface area (Å²) in [6, 6.07) is 12.4. The number of aromatic nitrogens is 2. The Morgan fingerprint density at radius 1 is 1.00 bits per heavy atom. The minimum Gasteiger partial charge on any atom is -0.237 e. The topological polar surface area (TPSA) is 52.0 Å². The average molecular weight is 340 g/mol. The van der Waals surface area contributed by atoms with Crippen LogP contribution in [-0.4, -0.2) is 17.4 Å². The molecule has 24 heavy (non-hydrogen) atoms. The number of fused-ring (bicyclic) bond motifs is 1. The number of hydrogen-bond donors (Lipinski definition) is 0. The molecule has 124 valence electrons. The number of nitrogens with zero attached hydrogens (tertiary/aromatic N) is 2. The smallest absolute Gasteiger partial charge is 0.237 e. The van der Waals surface area contributed by atoms with Crippen LogP contribution in [-0.2, 0) is 10.0 Å². The van der Waals surface area contributed by atoms with Gasteiger partial charge in [0.2, 0.25) is 0 Å². The van der Waals surface area contributed by atoms with Crippen molar-refractivity contribution in [1.29, 1.82) is 0 Å². The van der Waals surface area contributed by atoms with Crippen LogP contribution in [0.1, 0.15) is 43.6 Å². The Morgan fingerprint density at radius 3 is 2.50 bits per heavy atom. The maximum Gasteiger partial charge on any atom is 0.269 e. The molecule has 3 aromatic rings. The SMILES string of the molecule is O=S(=O)(c1ccccc1)n1ccc2cc(C3CCCCC3)cnc21. The van der Waals surface area contributed by atoms with Crippen LogP contribution >= 0.6 is 0 Å². The Morgan fingerprint density at radius 2 is 1.75 bits per heavy atom. The van der Waals surface area contributed by atoms with Crippen LogP contribution in [0.15, 0.2) is 59.8 Å². The van der Waals surface area contributed by atoms with Crippen LogP contribution in [0.4, 0.5) is 0 Å². The van der Waals surface area contributed by atoms with Crippen LogP contribution in [0.3, 0.4) is 0 Å². The molecule has 1 aliphatic rings. The Kier molecular flexibility index (Phi) is 3.88. The highest BCUT2D eigenvalue weighted by Gasteiger charge is 2.21. The Balaban J connectivity index is 1.76. The molecule has 5 heteroatoms. The van der Waals surface area contributed by atoms with E-state index in [1.54, 1.807) is 30.5 Å². The van der Waals surface area contributed by atoms with E-state index < -0.39 is 10.0 Å². The molecule has 0 amide bonds. The summed E-state index contributed by atoms with van der Waals surface area (Å²) in [7, 11) is -3.61. The van der Waals surface area contributed by atoms with Crippen LogP contribution < -0.4 is 0 Å². The molecule has 2 aromatic heterocycles. The number of hydrogen-bond acceptors (Lipinski definition) is 3. The van der Waals surface area contributed by atoms with Crippen molar-refractivity contribution >= 4 is 21.1 Å². The molecule has 0 aliphatic heterocycles. The molecule has 0 radical (unpaired) electrons. The van der Waals surface area contributed by atoms with Gasteiger partial charge in [-0.2, -0.15) is 0 Å². The lowest BCUT2D eigenvalue weighted by Gasteiger charge is -2.21. The zero-order valence-corrected chi connectivity index (χ0v) is 14.2. The third kappa shape index (κ3) is 2.63. The van der Waals surface area contributed by atoms with Crippen molar-refractivity contribution < 1.29 is 8.42 Å². The van der Waals surface area contributed by atoms with Crippen molar-refractivity contribution in [3.05, 3.63) is 60.4 Å². The van der Waals surface area contributed by atoms with Crippen molar-refractivity contribution in [2.75, 3.05) is 0 Å². The van der Waals surface area contributed by atoms with Gasteiger partial charge in [-0.05, 0) is 48.6 Å². The minimum absolute atomic E-state index is 0.278. The predicted molar refractivity (Wildman–Crippen MR) is 94.6 cm³/mol. The van der Waals surface area contributed by atoms with E-state index in [4.69, 9.17) is 0 Å². The average Bonchev–Trinajstić information content (AvgIpc) is 3.07. The van der Waals surface area contributed by atoms with E-state index in [0.29, 0.717) is 11.6 Å². The van der Waals surface area contributed by atoms with Crippen molar-refractivity contribution in [3.63, 3.8) is 0 Å². The first-order chi connectivity index (χ1) is 11.7. The first kappa shape index (κ1) is 15.4. The molecule has 1 aromatic carbocycles. The molecular formula is C19H20N2O2S. The van der Waals surface area contributed by atoms with Crippen LogP contribution in [0.2, 0.25) is 0 Å². The zero-order chi connectivity index (χ0) is 16.6. The highest BCUT2D eigenvalue weighted by molar-refractivity contribution is 7.90. The Hall–Kier alpha value is -2.14. The standard InChI is InChI=1S/C19H20N2O2S/c22-24(23,18-9-5-2-6-10-18)21-12-11-16-13-17(14-20-19(16)21)15-7-3-1-4-8-15/h2,5-6,9-15H,1,3-4,7-8H2. The number of pyridine rings is 1. The summed E-state index contributed by atoms with van der Waals surface area (Å²) in [6.07, 6.45) is 9.72. The normalized spacial score (nSPS) is 16.5. The lowest BCUT2D eigenvalue weighted by Crippen LogP contribution is -2.12. The van der Waals surface area contributed by atoms with Gasteiger partial charge in [0.1, 0.15) is 0 Å². The van der Waals surface area contributed by atoms with Gasteiger partial charge in [0, 0.05) is 17.8 Å². The number of rotatable bonds is 3. The minimum atomic E-state index is -3.61. The van der Waals surface area contributed by atoms with Crippen LogP contribution in [0.25, 0.3) is 11.0 Å². The summed E-state index contributed by atoms with van der Waals surface area (Å²) in [5.41, 5.74) is 1.73. The van der Waals surface area contributed by atoms with Crippen molar-refractivity contribution in [3.8, 4) is 0 Å². The van der Waals surface area contributed by atoms with E-state index in [1.165, 1.54) is 41.6 Å². The van der Waals surface area contributed by atoms with Crippen molar-refractivity contribution in [2.45, 2.75) is 42.9 Å². The molecule has 4 rings (SSSR count). The van der Waals surface area contributed by atoms with Gasteiger partial charge in [-0.15, -0.1) is 0 Å². The maximum atomic E-state index is 12.8. The molecule has 1 fully saturated rings. The molecule has 0 unspecified atom stereocenters. The highest BCUT2D eigenvalue weighted by atomic mass is 32.2. The third-order valence-electron chi connectivity index (χ3n) is 4.89.